The number of allylic oxidation sites excluding steroid dienone is 1. The van der Waals surface area contributed by atoms with Crippen LogP contribution in [-0.4, -0.2) is 17.9 Å². The molecule has 0 aromatic rings. The topological polar surface area (TPSA) is 58.2 Å². The Morgan fingerprint density at radius 2 is 2.08 bits per heavy atom. The molecule has 0 aliphatic carbocycles. The first-order valence-corrected chi connectivity index (χ1v) is 3.81. The fraction of sp³-hybridized carbons (Fsp3) is 0.500. The van der Waals surface area contributed by atoms with Crippen LogP contribution in [0.4, 0.5) is 4.79 Å². The monoisotopic (exact) mass is 168 g/mol. The summed E-state index contributed by atoms with van der Waals surface area (Å²) < 4.78 is 0. The van der Waals surface area contributed by atoms with E-state index in [1.807, 2.05) is 0 Å². The van der Waals surface area contributed by atoms with Crippen molar-refractivity contribution in [3.05, 3.63) is 11.3 Å². The molecule has 0 radical (unpaired) electrons. The van der Waals surface area contributed by atoms with Crippen molar-refractivity contribution in [3.63, 3.8) is 0 Å². The summed E-state index contributed by atoms with van der Waals surface area (Å²) >= 11 is 0. The number of amides is 2. The Kier molecular flexibility index (Phi) is 2.17. The van der Waals surface area contributed by atoms with Crippen LogP contribution in [0.15, 0.2) is 11.3 Å². The normalized spacial score (nSPS) is 23.2. The molecule has 0 aromatic carbocycles. The molecule has 1 atom stereocenters. The number of carbonyl (C=O) groups excluding carboxylic acids is 2. The predicted molar refractivity (Wildman–Crippen MR) is 44.5 cm³/mol. The van der Waals surface area contributed by atoms with Crippen LogP contribution < -0.4 is 10.6 Å². The predicted octanol–water partition coefficient (Wildman–Crippen LogP) is 0.551. The van der Waals surface area contributed by atoms with E-state index in [9.17, 15) is 9.59 Å². The Labute approximate surface area is 71.0 Å². The van der Waals surface area contributed by atoms with Crippen LogP contribution in [0, 0.1) is 0 Å². The van der Waals surface area contributed by atoms with Crippen molar-refractivity contribution in [2.75, 3.05) is 0 Å². The van der Waals surface area contributed by atoms with Crippen LogP contribution in [0.25, 0.3) is 0 Å². The van der Waals surface area contributed by atoms with E-state index in [-0.39, 0.29) is 17.9 Å². The third-order valence-corrected chi connectivity index (χ3v) is 1.86. The standard InChI is InChI=1S/C8H12N2O2/c1-4-7(6(3)11)5(2)10-8(12)9-4/h4H,1-3H3,(H2,9,10,12). The summed E-state index contributed by atoms with van der Waals surface area (Å²) in [5, 5.41) is 5.16. The Bertz CT molecular complexity index is 268. The molecule has 1 aliphatic rings. The largest absolute Gasteiger partial charge is 0.331 e. The Balaban J connectivity index is 3.01. The van der Waals surface area contributed by atoms with E-state index in [1.54, 1.807) is 13.8 Å². The van der Waals surface area contributed by atoms with Crippen molar-refractivity contribution in [1.29, 1.82) is 0 Å². The molecule has 4 nitrogen and oxygen atoms in total. The average Bonchev–Trinajstić information content (AvgIpc) is 1.82. The maximum absolute atomic E-state index is 11.1. The van der Waals surface area contributed by atoms with Gasteiger partial charge in [0.15, 0.2) is 5.78 Å². The van der Waals surface area contributed by atoms with Gasteiger partial charge >= 0.3 is 6.03 Å². The van der Waals surface area contributed by atoms with Gasteiger partial charge in [0.1, 0.15) is 0 Å². The van der Waals surface area contributed by atoms with E-state index in [4.69, 9.17) is 0 Å². The maximum atomic E-state index is 11.1. The molecule has 4 heteroatoms. The highest BCUT2D eigenvalue weighted by molar-refractivity contribution is 5.97. The summed E-state index contributed by atoms with van der Waals surface area (Å²) in [4.78, 5) is 22.0. The van der Waals surface area contributed by atoms with E-state index < -0.39 is 0 Å². The van der Waals surface area contributed by atoms with Gasteiger partial charge in [0.25, 0.3) is 0 Å². The van der Waals surface area contributed by atoms with Gasteiger partial charge < -0.3 is 10.6 Å². The van der Waals surface area contributed by atoms with E-state index in [0.29, 0.717) is 11.3 Å². The summed E-state index contributed by atoms with van der Waals surface area (Å²) in [6.45, 7) is 5.01. The molecule has 0 saturated heterocycles. The third kappa shape index (κ3) is 1.47. The van der Waals surface area contributed by atoms with Crippen molar-refractivity contribution in [3.8, 4) is 0 Å². The quantitative estimate of drug-likeness (QED) is 0.600. The molecule has 1 rings (SSSR count). The molecule has 0 spiro atoms. The molecule has 12 heavy (non-hydrogen) atoms. The number of Topliss-reactive ketones (excluding diaryl/α,β-unsaturated/α-hetero) is 1. The van der Waals surface area contributed by atoms with E-state index in [0.717, 1.165) is 0 Å². The van der Waals surface area contributed by atoms with Crippen molar-refractivity contribution in [1.82, 2.24) is 10.6 Å². The molecule has 2 N–H and O–H groups in total. The SMILES string of the molecule is CC(=O)C1=C(C)NC(=O)NC1C. The minimum absolute atomic E-state index is 0.00694. The number of ketones is 1. The zero-order chi connectivity index (χ0) is 9.30. The fourth-order valence-corrected chi connectivity index (χ4v) is 1.44. The van der Waals surface area contributed by atoms with Crippen LogP contribution in [0.2, 0.25) is 0 Å². The van der Waals surface area contributed by atoms with Gasteiger partial charge in [-0.05, 0) is 20.8 Å². The first kappa shape index (κ1) is 8.77. The molecule has 1 aliphatic heterocycles. The van der Waals surface area contributed by atoms with Crippen molar-refractivity contribution < 1.29 is 9.59 Å². The zero-order valence-corrected chi connectivity index (χ0v) is 7.39. The van der Waals surface area contributed by atoms with Gasteiger partial charge in [0.2, 0.25) is 0 Å². The molecule has 1 unspecified atom stereocenters. The van der Waals surface area contributed by atoms with Gasteiger partial charge in [0, 0.05) is 11.3 Å². The fourth-order valence-electron chi connectivity index (χ4n) is 1.44. The summed E-state index contributed by atoms with van der Waals surface area (Å²) in [5.74, 6) is -0.00694. The van der Waals surface area contributed by atoms with Gasteiger partial charge in [-0.25, -0.2) is 4.79 Å². The molecule has 0 aromatic heterocycles. The van der Waals surface area contributed by atoms with Crippen LogP contribution in [0.3, 0.4) is 0 Å². The van der Waals surface area contributed by atoms with E-state index in [2.05, 4.69) is 10.6 Å². The molecule has 1 heterocycles. The van der Waals surface area contributed by atoms with Crippen molar-refractivity contribution >= 4 is 11.8 Å². The number of carbonyl (C=O) groups is 2. The lowest BCUT2D eigenvalue weighted by Gasteiger charge is -2.24. The van der Waals surface area contributed by atoms with Gasteiger partial charge in [0.05, 0.1) is 6.04 Å². The number of urea groups is 1. The Hall–Kier alpha value is -1.32. The number of rotatable bonds is 1. The summed E-state index contributed by atoms with van der Waals surface area (Å²) in [7, 11) is 0. The maximum Gasteiger partial charge on any atom is 0.319 e. The zero-order valence-electron chi connectivity index (χ0n) is 7.39. The smallest absolute Gasteiger partial charge is 0.319 e. The summed E-state index contributed by atoms with van der Waals surface area (Å²) in [5.41, 5.74) is 1.30. The second-order valence-corrected chi connectivity index (χ2v) is 2.92. The van der Waals surface area contributed by atoms with Gasteiger partial charge in [-0.3, -0.25) is 4.79 Å². The van der Waals surface area contributed by atoms with Crippen LogP contribution >= 0.6 is 0 Å². The van der Waals surface area contributed by atoms with Gasteiger partial charge in [-0.1, -0.05) is 0 Å². The van der Waals surface area contributed by atoms with Crippen LogP contribution in [0.5, 0.6) is 0 Å². The number of nitrogens with one attached hydrogen (secondary N) is 2. The highest BCUT2D eigenvalue weighted by Gasteiger charge is 2.23. The minimum Gasteiger partial charge on any atom is -0.331 e. The van der Waals surface area contributed by atoms with Crippen LogP contribution in [-0.2, 0) is 4.79 Å². The Morgan fingerprint density at radius 1 is 1.50 bits per heavy atom. The minimum atomic E-state index is -0.245. The summed E-state index contributed by atoms with van der Waals surface area (Å²) in [6, 6.07) is -0.429. The second kappa shape index (κ2) is 2.97. The highest BCUT2D eigenvalue weighted by Crippen LogP contribution is 2.11. The van der Waals surface area contributed by atoms with E-state index in [1.165, 1.54) is 6.92 Å². The third-order valence-electron chi connectivity index (χ3n) is 1.86. The molecular formula is C8H12N2O2. The lowest BCUT2D eigenvalue weighted by atomic mass is 10.0. The lowest BCUT2D eigenvalue weighted by Crippen LogP contribution is -2.47. The highest BCUT2D eigenvalue weighted by atomic mass is 16.2. The molecule has 66 valence electrons. The summed E-state index contributed by atoms with van der Waals surface area (Å²) in [6.07, 6.45) is 0. The number of hydrogen-bond acceptors (Lipinski definition) is 2. The molecule has 0 bridgehead atoms. The lowest BCUT2D eigenvalue weighted by molar-refractivity contribution is -0.114. The van der Waals surface area contributed by atoms with E-state index >= 15 is 0 Å². The van der Waals surface area contributed by atoms with Crippen molar-refractivity contribution in [2.45, 2.75) is 26.8 Å². The molecule has 2 amide bonds. The molecular weight excluding hydrogens is 156 g/mol. The second-order valence-electron chi connectivity index (χ2n) is 2.92. The van der Waals surface area contributed by atoms with Gasteiger partial charge in [-0.15, -0.1) is 0 Å². The average molecular weight is 168 g/mol. The molecule has 0 fully saturated rings. The number of hydrogen-bond donors (Lipinski definition) is 2. The first-order chi connectivity index (χ1) is 5.52. The molecule has 0 saturated carbocycles. The van der Waals surface area contributed by atoms with Crippen LogP contribution in [0.1, 0.15) is 20.8 Å². The first-order valence-electron chi connectivity index (χ1n) is 3.81. The Morgan fingerprint density at radius 3 is 2.50 bits per heavy atom. The van der Waals surface area contributed by atoms with Crippen molar-refractivity contribution in [2.24, 2.45) is 0 Å². The van der Waals surface area contributed by atoms with Gasteiger partial charge in [-0.2, -0.15) is 0 Å².